The molecule has 0 aliphatic rings. The normalized spacial score (nSPS) is 10.6. The number of carbonyl (C=O) groups is 1. The van der Waals surface area contributed by atoms with Crippen molar-refractivity contribution in [3.8, 4) is 0 Å². The van der Waals surface area contributed by atoms with Crippen LogP contribution in [0, 0.1) is 5.82 Å². The summed E-state index contributed by atoms with van der Waals surface area (Å²) in [6, 6.07) is 12.4. The highest BCUT2D eigenvalue weighted by atomic mass is 19.1. The molecule has 0 saturated heterocycles. The van der Waals surface area contributed by atoms with E-state index in [1.165, 1.54) is 12.1 Å². The van der Waals surface area contributed by atoms with Crippen molar-refractivity contribution in [2.75, 3.05) is 17.2 Å². The second kappa shape index (κ2) is 8.35. The fourth-order valence-corrected chi connectivity index (χ4v) is 2.64. The molecule has 0 bridgehead atoms. The fourth-order valence-electron chi connectivity index (χ4n) is 2.64. The molecule has 0 atom stereocenters. The SMILES string of the molecule is CCCNc1c(NC(=O)NCc2ccc(F)cc2)c(=O)oc2ccccc12. The summed E-state index contributed by atoms with van der Waals surface area (Å²) in [7, 11) is 0. The first-order chi connectivity index (χ1) is 13.1. The second-order valence-electron chi connectivity index (χ2n) is 6.00. The van der Waals surface area contributed by atoms with Gasteiger partial charge in [0.25, 0.3) is 0 Å². The molecule has 0 spiro atoms. The van der Waals surface area contributed by atoms with Crippen LogP contribution >= 0.6 is 0 Å². The third-order valence-electron chi connectivity index (χ3n) is 3.97. The highest BCUT2D eigenvalue weighted by Gasteiger charge is 2.16. The lowest BCUT2D eigenvalue weighted by Gasteiger charge is -2.14. The first-order valence-electron chi connectivity index (χ1n) is 8.67. The topological polar surface area (TPSA) is 83.4 Å². The summed E-state index contributed by atoms with van der Waals surface area (Å²) < 4.78 is 18.3. The maximum Gasteiger partial charge on any atom is 0.362 e. The van der Waals surface area contributed by atoms with Crippen molar-refractivity contribution in [1.82, 2.24) is 5.32 Å². The summed E-state index contributed by atoms with van der Waals surface area (Å²) in [5, 5.41) is 9.11. The van der Waals surface area contributed by atoms with Crippen LogP contribution < -0.4 is 21.6 Å². The number of halogens is 1. The average molecular weight is 369 g/mol. The molecular weight excluding hydrogens is 349 g/mol. The standard InChI is InChI=1S/C20H20FN3O3/c1-2-11-22-17-15-5-3-4-6-16(15)27-19(25)18(17)24-20(26)23-12-13-7-9-14(21)10-8-13/h3-10,22H,2,11-12H2,1H3,(H2,23,24,26). The maximum absolute atomic E-state index is 12.9. The van der Waals surface area contributed by atoms with Gasteiger partial charge in [0, 0.05) is 18.5 Å². The van der Waals surface area contributed by atoms with Crippen LogP contribution in [0.25, 0.3) is 11.0 Å². The minimum absolute atomic E-state index is 0.0544. The first kappa shape index (κ1) is 18.4. The summed E-state index contributed by atoms with van der Waals surface area (Å²) in [5.74, 6) is -0.344. The number of fused-ring (bicyclic) bond motifs is 1. The van der Waals surface area contributed by atoms with Crippen LogP contribution in [0.15, 0.2) is 57.7 Å². The van der Waals surface area contributed by atoms with Gasteiger partial charge in [0.1, 0.15) is 11.4 Å². The quantitative estimate of drug-likeness (QED) is 0.572. The summed E-state index contributed by atoms with van der Waals surface area (Å²) >= 11 is 0. The van der Waals surface area contributed by atoms with Gasteiger partial charge in [-0.2, -0.15) is 0 Å². The number of anilines is 2. The molecule has 6 nitrogen and oxygen atoms in total. The molecule has 27 heavy (non-hydrogen) atoms. The summed E-state index contributed by atoms with van der Waals surface area (Å²) in [6.07, 6.45) is 0.852. The van der Waals surface area contributed by atoms with Crippen molar-refractivity contribution in [1.29, 1.82) is 0 Å². The molecule has 0 unspecified atom stereocenters. The van der Waals surface area contributed by atoms with Crippen LogP contribution in [0.3, 0.4) is 0 Å². The molecule has 0 aliphatic heterocycles. The number of nitrogens with one attached hydrogen (secondary N) is 3. The Morgan fingerprint density at radius 2 is 1.81 bits per heavy atom. The molecule has 0 saturated carbocycles. The van der Waals surface area contributed by atoms with Gasteiger partial charge in [-0.15, -0.1) is 0 Å². The van der Waals surface area contributed by atoms with Crippen LogP contribution in [0.5, 0.6) is 0 Å². The number of hydrogen-bond acceptors (Lipinski definition) is 4. The number of amides is 2. The van der Waals surface area contributed by atoms with Crippen molar-refractivity contribution in [3.63, 3.8) is 0 Å². The van der Waals surface area contributed by atoms with Gasteiger partial charge < -0.3 is 15.1 Å². The zero-order valence-corrected chi connectivity index (χ0v) is 14.8. The largest absolute Gasteiger partial charge is 0.421 e. The van der Waals surface area contributed by atoms with E-state index in [1.807, 2.05) is 19.1 Å². The lowest BCUT2D eigenvalue weighted by Crippen LogP contribution is -2.30. The summed E-state index contributed by atoms with van der Waals surface area (Å²) in [5.41, 5.74) is 1.13. The van der Waals surface area contributed by atoms with E-state index in [1.54, 1.807) is 24.3 Å². The first-order valence-corrected chi connectivity index (χ1v) is 8.67. The Kier molecular flexibility index (Phi) is 5.71. The number of hydrogen-bond donors (Lipinski definition) is 3. The predicted octanol–water partition coefficient (Wildman–Crippen LogP) is 4.08. The van der Waals surface area contributed by atoms with Crippen LogP contribution in [0.2, 0.25) is 0 Å². The average Bonchev–Trinajstić information content (AvgIpc) is 2.67. The van der Waals surface area contributed by atoms with Gasteiger partial charge >= 0.3 is 11.7 Å². The van der Waals surface area contributed by atoms with Gasteiger partial charge in [-0.1, -0.05) is 31.2 Å². The van der Waals surface area contributed by atoms with Crippen molar-refractivity contribution in [3.05, 3.63) is 70.3 Å². The molecule has 2 aromatic carbocycles. The minimum Gasteiger partial charge on any atom is -0.421 e. The third-order valence-corrected chi connectivity index (χ3v) is 3.97. The van der Waals surface area contributed by atoms with Crippen LogP contribution in [0.1, 0.15) is 18.9 Å². The molecular formula is C20H20FN3O3. The molecule has 140 valence electrons. The van der Waals surface area contributed by atoms with Gasteiger partial charge in [0.2, 0.25) is 0 Å². The van der Waals surface area contributed by atoms with E-state index in [0.29, 0.717) is 23.2 Å². The smallest absolute Gasteiger partial charge is 0.362 e. The molecule has 3 N–H and O–H groups in total. The second-order valence-corrected chi connectivity index (χ2v) is 6.00. The number of benzene rings is 2. The van der Waals surface area contributed by atoms with Crippen LogP contribution in [-0.2, 0) is 6.54 Å². The molecule has 0 radical (unpaired) electrons. The number of carbonyl (C=O) groups excluding carboxylic acids is 1. The monoisotopic (exact) mass is 369 g/mol. The van der Waals surface area contributed by atoms with E-state index < -0.39 is 11.7 Å². The Morgan fingerprint density at radius 1 is 1.07 bits per heavy atom. The molecule has 1 aromatic heterocycles. The van der Waals surface area contributed by atoms with E-state index in [4.69, 9.17) is 4.42 Å². The molecule has 3 aromatic rings. The van der Waals surface area contributed by atoms with Gasteiger partial charge in [0.05, 0.1) is 5.69 Å². The van der Waals surface area contributed by atoms with Crippen LogP contribution in [0.4, 0.5) is 20.6 Å². The van der Waals surface area contributed by atoms with E-state index >= 15 is 0 Å². The van der Waals surface area contributed by atoms with Gasteiger partial charge in [0.15, 0.2) is 5.69 Å². The van der Waals surface area contributed by atoms with Crippen molar-refractivity contribution < 1.29 is 13.6 Å². The Labute approximate surface area is 155 Å². The van der Waals surface area contributed by atoms with E-state index in [9.17, 15) is 14.0 Å². The van der Waals surface area contributed by atoms with E-state index in [-0.39, 0.29) is 18.0 Å². The number of urea groups is 1. The number of rotatable bonds is 6. The molecule has 2 amide bonds. The lowest BCUT2D eigenvalue weighted by molar-refractivity contribution is 0.251. The zero-order chi connectivity index (χ0) is 19.2. The lowest BCUT2D eigenvalue weighted by atomic mass is 10.2. The minimum atomic E-state index is -0.635. The van der Waals surface area contributed by atoms with Crippen molar-refractivity contribution in [2.45, 2.75) is 19.9 Å². The van der Waals surface area contributed by atoms with Crippen molar-refractivity contribution >= 4 is 28.4 Å². The van der Waals surface area contributed by atoms with Gasteiger partial charge in [-0.3, -0.25) is 5.32 Å². The Morgan fingerprint density at radius 3 is 2.56 bits per heavy atom. The maximum atomic E-state index is 12.9. The number of para-hydroxylation sites is 1. The van der Waals surface area contributed by atoms with Gasteiger partial charge in [-0.05, 0) is 36.2 Å². The Hall–Kier alpha value is -3.35. The molecule has 0 fully saturated rings. The van der Waals surface area contributed by atoms with E-state index in [2.05, 4.69) is 16.0 Å². The highest BCUT2D eigenvalue weighted by molar-refractivity contribution is 6.01. The third kappa shape index (κ3) is 4.44. The molecule has 1 heterocycles. The highest BCUT2D eigenvalue weighted by Crippen LogP contribution is 2.28. The molecule has 0 aliphatic carbocycles. The van der Waals surface area contributed by atoms with Crippen LogP contribution in [-0.4, -0.2) is 12.6 Å². The molecule has 3 rings (SSSR count). The van der Waals surface area contributed by atoms with Crippen molar-refractivity contribution in [2.24, 2.45) is 0 Å². The predicted molar refractivity (Wildman–Crippen MR) is 104 cm³/mol. The van der Waals surface area contributed by atoms with E-state index in [0.717, 1.165) is 12.0 Å². The Bertz CT molecular complexity index is 1000. The summed E-state index contributed by atoms with van der Waals surface area (Å²) in [4.78, 5) is 24.6. The zero-order valence-electron chi connectivity index (χ0n) is 14.8. The molecule has 7 heteroatoms. The van der Waals surface area contributed by atoms with Gasteiger partial charge in [-0.25, -0.2) is 14.0 Å². The fraction of sp³-hybridized carbons (Fsp3) is 0.200. The summed E-state index contributed by atoms with van der Waals surface area (Å²) in [6.45, 7) is 2.84. The Balaban J connectivity index is 1.82.